The summed E-state index contributed by atoms with van der Waals surface area (Å²) in [4.78, 5) is 0. The summed E-state index contributed by atoms with van der Waals surface area (Å²) in [5, 5.41) is 0. The number of methoxy groups -OCH3 is 1. The van der Waals surface area contributed by atoms with Gasteiger partial charge in [-0.1, -0.05) is 15.9 Å². The normalized spacial score (nSPS) is 20.6. The minimum atomic E-state index is -0.286. The average Bonchev–Trinajstić information content (AvgIpc) is 2.49. The first kappa shape index (κ1) is 14.4. The van der Waals surface area contributed by atoms with Crippen molar-refractivity contribution in [1.29, 1.82) is 0 Å². The molecule has 5 heteroatoms. The first-order chi connectivity index (χ1) is 10.1. The minimum Gasteiger partial charge on any atom is -0.497 e. The smallest absolute Gasteiger partial charge is 0.127 e. The average molecular weight is 352 g/mol. The molecule has 1 aliphatic heterocycles. The third kappa shape index (κ3) is 2.76. The highest BCUT2D eigenvalue weighted by Crippen LogP contribution is 2.42. The molecule has 0 aliphatic carbocycles. The quantitative estimate of drug-likeness (QED) is 0.884. The van der Waals surface area contributed by atoms with Crippen LogP contribution in [0.4, 0.5) is 4.39 Å². The highest BCUT2D eigenvalue weighted by atomic mass is 79.9. The van der Waals surface area contributed by atoms with Crippen LogP contribution in [0.1, 0.15) is 29.7 Å². The summed E-state index contributed by atoms with van der Waals surface area (Å²) in [6.45, 7) is 0. The van der Waals surface area contributed by atoms with E-state index < -0.39 is 0 Å². The zero-order valence-corrected chi connectivity index (χ0v) is 13.1. The van der Waals surface area contributed by atoms with Crippen LogP contribution in [0.5, 0.6) is 11.5 Å². The van der Waals surface area contributed by atoms with Crippen LogP contribution < -0.4 is 15.2 Å². The molecule has 0 fully saturated rings. The molecule has 2 unspecified atom stereocenters. The van der Waals surface area contributed by atoms with Crippen molar-refractivity contribution < 1.29 is 13.9 Å². The van der Waals surface area contributed by atoms with Gasteiger partial charge < -0.3 is 15.2 Å². The molecule has 0 saturated heterocycles. The zero-order valence-electron chi connectivity index (χ0n) is 11.5. The van der Waals surface area contributed by atoms with Crippen molar-refractivity contribution in [2.45, 2.75) is 18.6 Å². The Kier molecular flexibility index (Phi) is 3.87. The Hall–Kier alpha value is -1.59. The molecular weight excluding hydrogens is 337 g/mol. The van der Waals surface area contributed by atoms with Crippen LogP contribution >= 0.6 is 15.9 Å². The fraction of sp³-hybridized carbons (Fsp3) is 0.250. The predicted octanol–water partition coefficient (Wildman–Crippen LogP) is 4.12. The van der Waals surface area contributed by atoms with Crippen LogP contribution in [0.3, 0.4) is 0 Å². The highest BCUT2D eigenvalue weighted by molar-refractivity contribution is 9.10. The molecule has 1 heterocycles. The van der Waals surface area contributed by atoms with Crippen LogP contribution in [-0.4, -0.2) is 7.11 Å². The van der Waals surface area contributed by atoms with Crippen molar-refractivity contribution in [3.8, 4) is 11.5 Å². The summed E-state index contributed by atoms with van der Waals surface area (Å²) in [5.41, 5.74) is 7.93. The van der Waals surface area contributed by atoms with Crippen molar-refractivity contribution >= 4 is 15.9 Å². The Morgan fingerprint density at radius 1 is 1.24 bits per heavy atom. The third-order valence-corrected chi connectivity index (χ3v) is 4.38. The first-order valence-electron chi connectivity index (χ1n) is 6.63. The molecule has 2 atom stereocenters. The molecule has 0 bridgehead atoms. The van der Waals surface area contributed by atoms with Crippen LogP contribution in [0, 0.1) is 5.82 Å². The highest BCUT2D eigenvalue weighted by Gasteiger charge is 2.29. The second-order valence-electron chi connectivity index (χ2n) is 5.02. The molecule has 1 aliphatic rings. The van der Waals surface area contributed by atoms with Gasteiger partial charge >= 0.3 is 0 Å². The number of rotatable bonds is 2. The van der Waals surface area contributed by atoms with Gasteiger partial charge in [-0.2, -0.15) is 0 Å². The molecule has 0 amide bonds. The van der Waals surface area contributed by atoms with E-state index in [1.807, 2.05) is 18.2 Å². The van der Waals surface area contributed by atoms with E-state index in [0.29, 0.717) is 6.42 Å². The zero-order chi connectivity index (χ0) is 15.0. The maximum atomic E-state index is 13.5. The minimum absolute atomic E-state index is 0.177. The summed E-state index contributed by atoms with van der Waals surface area (Å²) < 4.78 is 25.5. The largest absolute Gasteiger partial charge is 0.497 e. The lowest BCUT2D eigenvalue weighted by molar-refractivity contribution is 0.160. The Morgan fingerprint density at radius 2 is 2.05 bits per heavy atom. The Balaban J connectivity index is 1.96. The molecule has 21 heavy (non-hydrogen) atoms. The summed E-state index contributed by atoms with van der Waals surface area (Å²) in [7, 11) is 1.61. The Bertz CT molecular complexity index is 677. The van der Waals surface area contributed by atoms with Gasteiger partial charge in [-0.25, -0.2) is 4.39 Å². The molecule has 0 aromatic heterocycles. The lowest BCUT2D eigenvalue weighted by Gasteiger charge is -2.31. The van der Waals surface area contributed by atoms with E-state index in [0.717, 1.165) is 27.1 Å². The SMILES string of the molecule is COc1ccc2c(c1)C(N)CC(c1cc(F)ccc1Br)O2. The Labute approximate surface area is 131 Å². The maximum Gasteiger partial charge on any atom is 0.127 e. The monoisotopic (exact) mass is 351 g/mol. The van der Waals surface area contributed by atoms with Gasteiger partial charge in [-0.15, -0.1) is 0 Å². The number of hydrogen-bond acceptors (Lipinski definition) is 3. The lowest BCUT2D eigenvalue weighted by Crippen LogP contribution is -2.24. The molecule has 0 spiro atoms. The standard InChI is InChI=1S/C16H15BrFNO2/c1-20-10-3-5-15-12(7-10)14(19)8-16(21-15)11-6-9(18)2-4-13(11)17/h2-7,14,16H,8,19H2,1H3. The molecule has 3 nitrogen and oxygen atoms in total. The molecule has 3 rings (SSSR count). The van der Waals surface area contributed by atoms with Crippen LogP contribution in [0.2, 0.25) is 0 Å². The second-order valence-corrected chi connectivity index (χ2v) is 5.87. The van der Waals surface area contributed by atoms with Crippen molar-refractivity contribution in [2.24, 2.45) is 5.73 Å². The number of ether oxygens (including phenoxy) is 2. The van der Waals surface area contributed by atoms with Gasteiger partial charge in [0.05, 0.1) is 7.11 Å². The van der Waals surface area contributed by atoms with E-state index in [9.17, 15) is 4.39 Å². The molecule has 2 N–H and O–H groups in total. The van der Waals surface area contributed by atoms with Gasteiger partial charge in [0.2, 0.25) is 0 Å². The topological polar surface area (TPSA) is 44.5 Å². The number of nitrogens with two attached hydrogens (primary N) is 1. The van der Waals surface area contributed by atoms with Gasteiger partial charge in [0, 0.05) is 28.1 Å². The van der Waals surface area contributed by atoms with Gasteiger partial charge in [-0.05, 0) is 36.4 Å². The number of hydrogen-bond donors (Lipinski definition) is 1. The fourth-order valence-electron chi connectivity index (χ4n) is 2.56. The van der Waals surface area contributed by atoms with Crippen LogP contribution in [0.25, 0.3) is 0 Å². The molecule has 2 aromatic rings. The van der Waals surface area contributed by atoms with Crippen LogP contribution in [0.15, 0.2) is 40.9 Å². The first-order valence-corrected chi connectivity index (χ1v) is 7.43. The fourth-order valence-corrected chi connectivity index (χ4v) is 3.06. The van der Waals surface area contributed by atoms with Gasteiger partial charge in [0.1, 0.15) is 23.4 Å². The van der Waals surface area contributed by atoms with E-state index in [1.165, 1.54) is 12.1 Å². The molecule has 0 radical (unpaired) electrons. The summed E-state index contributed by atoms with van der Waals surface area (Å²) in [6.07, 6.45) is 0.313. The van der Waals surface area contributed by atoms with Gasteiger partial charge in [0.15, 0.2) is 0 Å². The van der Waals surface area contributed by atoms with Crippen molar-refractivity contribution in [2.75, 3.05) is 7.11 Å². The molecule has 2 aromatic carbocycles. The number of halogens is 2. The van der Waals surface area contributed by atoms with Crippen molar-refractivity contribution in [1.82, 2.24) is 0 Å². The van der Waals surface area contributed by atoms with Crippen molar-refractivity contribution in [3.05, 3.63) is 57.8 Å². The number of fused-ring (bicyclic) bond motifs is 1. The van der Waals surface area contributed by atoms with E-state index in [2.05, 4.69) is 15.9 Å². The molecular formula is C16H15BrFNO2. The summed E-state index contributed by atoms with van der Waals surface area (Å²) in [6, 6.07) is 9.96. The Morgan fingerprint density at radius 3 is 2.81 bits per heavy atom. The second kappa shape index (κ2) is 5.66. The lowest BCUT2D eigenvalue weighted by atomic mass is 9.93. The summed E-state index contributed by atoms with van der Waals surface area (Å²) >= 11 is 3.44. The van der Waals surface area contributed by atoms with E-state index in [4.69, 9.17) is 15.2 Å². The predicted molar refractivity (Wildman–Crippen MR) is 82.0 cm³/mol. The van der Waals surface area contributed by atoms with Crippen LogP contribution in [-0.2, 0) is 0 Å². The van der Waals surface area contributed by atoms with Crippen molar-refractivity contribution in [3.63, 3.8) is 0 Å². The van der Waals surface area contributed by atoms with E-state index in [-0.39, 0.29) is 18.0 Å². The van der Waals surface area contributed by atoms with E-state index in [1.54, 1.807) is 13.2 Å². The maximum absolute atomic E-state index is 13.5. The van der Waals surface area contributed by atoms with Gasteiger partial charge in [-0.3, -0.25) is 0 Å². The summed E-state index contributed by atoms with van der Waals surface area (Å²) in [5.74, 6) is 1.18. The van der Waals surface area contributed by atoms with Gasteiger partial charge in [0.25, 0.3) is 0 Å². The molecule has 0 saturated carbocycles. The van der Waals surface area contributed by atoms with E-state index >= 15 is 0 Å². The number of benzene rings is 2. The third-order valence-electron chi connectivity index (χ3n) is 3.66. The molecule has 110 valence electrons.